The number of rotatable bonds is 6. The Morgan fingerprint density at radius 3 is 2.32 bits per heavy atom. The van der Waals surface area contributed by atoms with Gasteiger partial charge >= 0.3 is 0 Å². The van der Waals surface area contributed by atoms with Crippen LogP contribution in [0.5, 0.6) is 11.5 Å². The van der Waals surface area contributed by atoms with Crippen molar-refractivity contribution in [1.29, 1.82) is 0 Å². The third kappa shape index (κ3) is 3.60. The fourth-order valence-electron chi connectivity index (χ4n) is 2.80. The van der Waals surface area contributed by atoms with Crippen LogP contribution in [-0.4, -0.2) is 36.6 Å². The molecular weight excluding hydrogens is 316 g/mol. The highest BCUT2D eigenvalue weighted by Crippen LogP contribution is 2.22. The molecule has 0 radical (unpaired) electrons. The Morgan fingerprint density at radius 2 is 1.68 bits per heavy atom. The van der Waals surface area contributed by atoms with E-state index in [0.29, 0.717) is 18.8 Å². The summed E-state index contributed by atoms with van der Waals surface area (Å²) in [6.45, 7) is 3.16. The average Bonchev–Trinajstić information content (AvgIpc) is 3.09. The van der Waals surface area contributed by atoms with Gasteiger partial charge in [-0.2, -0.15) is 0 Å². The maximum Gasteiger partial charge on any atom is 0.270 e. The van der Waals surface area contributed by atoms with Gasteiger partial charge < -0.3 is 19.4 Å². The van der Waals surface area contributed by atoms with E-state index in [1.54, 1.807) is 14.2 Å². The van der Waals surface area contributed by atoms with Crippen LogP contribution in [0.25, 0.3) is 10.9 Å². The van der Waals surface area contributed by atoms with Crippen molar-refractivity contribution in [2.75, 3.05) is 20.8 Å². The van der Waals surface area contributed by atoms with Crippen LogP contribution in [0, 0.1) is 0 Å². The molecule has 1 amide bonds. The summed E-state index contributed by atoms with van der Waals surface area (Å²) < 4.78 is 10.4. The summed E-state index contributed by atoms with van der Waals surface area (Å²) in [6.07, 6.45) is 0. The van der Waals surface area contributed by atoms with E-state index in [4.69, 9.17) is 9.47 Å². The minimum atomic E-state index is -0.0199. The van der Waals surface area contributed by atoms with E-state index in [2.05, 4.69) is 4.98 Å². The van der Waals surface area contributed by atoms with Gasteiger partial charge in [-0.1, -0.05) is 12.1 Å². The molecule has 0 saturated carbocycles. The Labute approximate surface area is 147 Å². The Balaban J connectivity index is 1.81. The molecule has 0 atom stereocenters. The molecule has 25 heavy (non-hydrogen) atoms. The summed E-state index contributed by atoms with van der Waals surface area (Å²) in [7, 11) is 3.27. The molecule has 3 rings (SSSR count). The van der Waals surface area contributed by atoms with E-state index in [1.807, 2.05) is 60.4 Å². The zero-order valence-corrected chi connectivity index (χ0v) is 14.7. The van der Waals surface area contributed by atoms with Crippen molar-refractivity contribution in [2.45, 2.75) is 13.5 Å². The number of nitrogens with zero attached hydrogens (tertiary/aromatic N) is 1. The molecule has 1 N–H and O–H groups in total. The summed E-state index contributed by atoms with van der Waals surface area (Å²) in [5.41, 5.74) is 2.54. The quantitative estimate of drug-likeness (QED) is 0.743. The maximum atomic E-state index is 12.9. The molecule has 0 bridgehead atoms. The second-order valence-corrected chi connectivity index (χ2v) is 5.80. The summed E-state index contributed by atoms with van der Waals surface area (Å²) in [6, 6.07) is 15.4. The number of hydrogen-bond acceptors (Lipinski definition) is 3. The number of H-pyrrole nitrogens is 1. The zero-order chi connectivity index (χ0) is 17.8. The number of methoxy groups -OCH3 is 2. The lowest BCUT2D eigenvalue weighted by Gasteiger charge is -2.20. The minimum absolute atomic E-state index is 0.0199. The van der Waals surface area contributed by atoms with Crippen molar-refractivity contribution in [2.24, 2.45) is 0 Å². The van der Waals surface area contributed by atoms with Crippen molar-refractivity contribution in [1.82, 2.24) is 9.88 Å². The molecule has 0 unspecified atom stereocenters. The largest absolute Gasteiger partial charge is 0.497 e. The minimum Gasteiger partial charge on any atom is -0.497 e. The molecule has 3 aromatic rings. The smallest absolute Gasteiger partial charge is 0.270 e. The molecule has 0 fully saturated rings. The number of ether oxygens (including phenoxy) is 2. The number of aromatic nitrogens is 1. The third-order valence-electron chi connectivity index (χ3n) is 4.26. The topological polar surface area (TPSA) is 54.6 Å². The highest BCUT2D eigenvalue weighted by Gasteiger charge is 2.17. The van der Waals surface area contributed by atoms with Gasteiger partial charge in [0.05, 0.1) is 14.2 Å². The van der Waals surface area contributed by atoms with E-state index < -0.39 is 0 Å². The van der Waals surface area contributed by atoms with Crippen LogP contribution >= 0.6 is 0 Å². The molecule has 1 aromatic heterocycles. The maximum absolute atomic E-state index is 12.9. The molecule has 0 spiro atoms. The van der Waals surface area contributed by atoms with E-state index in [1.165, 1.54) is 0 Å². The van der Waals surface area contributed by atoms with Crippen LogP contribution in [0.1, 0.15) is 23.0 Å². The predicted molar refractivity (Wildman–Crippen MR) is 98.3 cm³/mol. The predicted octanol–water partition coefficient (Wildman–Crippen LogP) is 3.85. The first kappa shape index (κ1) is 16.9. The lowest BCUT2D eigenvalue weighted by molar-refractivity contribution is 0.0747. The third-order valence-corrected chi connectivity index (χ3v) is 4.26. The van der Waals surface area contributed by atoms with Crippen molar-refractivity contribution in [3.8, 4) is 11.5 Å². The van der Waals surface area contributed by atoms with Crippen LogP contribution in [0.3, 0.4) is 0 Å². The molecule has 0 saturated heterocycles. The molecule has 1 heterocycles. The van der Waals surface area contributed by atoms with Crippen LogP contribution < -0.4 is 9.47 Å². The number of nitrogens with one attached hydrogen (secondary N) is 1. The van der Waals surface area contributed by atoms with E-state index in [-0.39, 0.29) is 5.91 Å². The highest BCUT2D eigenvalue weighted by molar-refractivity contribution is 5.98. The molecule has 0 aliphatic heterocycles. The van der Waals surface area contributed by atoms with Gasteiger partial charge in [0.15, 0.2) is 0 Å². The van der Waals surface area contributed by atoms with Crippen LogP contribution in [0.4, 0.5) is 0 Å². The first-order chi connectivity index (χ1) is 12.1. The Bertz CT molecular complexity index is 868. The molecule has 5 nitrogen and oxygen atoms in total. The monoisotopic (exact) mass is 338 g/mol. The number of benzene rings is 2. The standard InChI is InChI=1S/C20H22N2O3/c1-4-22(13-14-5-8-16(24-2)9-6-14)20(23)19-11-15-7-10-17(25-3)12-18(15)21-19/h5-12,21H,4,13H2,1-3H3. The molecule has 0 aliphatic carbocycles. The number of fused-ring (bicyclic) bond motifs is 1. The first-order valence-corrected chi connectivity index (χ1v) is 8.23. The van der Waals surface area contributed by atoms with Crippen molar-refractivity contribution in [3.05, 3.63) is 59.8 Å². The average molecular weight is 338 g/mol. The van der Waals surface area contributed by atoms with Gasteiger partial charge in [-0.25, -0.2) is 0 Å². The van der Waals surface area contributed by atoms with Crippen molar-refractivity contribution < 1.29 is 14.3 Å². The first-order valence-electron chi connectivity index (χ1n) is 8.23. The second kappa shape index (κ2) is 7.30. The molecule has 2 aromatic carbocycles. The number of carbonyl (C=O) groups excluding carboxylic acids is 1. The Hall–Kier alpha value is -2.95. The summed E-state index contributed by atoms with van der Waals surface area (Å²) >= 11 is 0. The van der Waals surface area contributed by atoms with Crippen molar-refractivity contribution in [3.63, 3.8) is 0 Å². The zero-order valence-electron chi connectivity index (χ0n) is 14.7. The number of aromatic amines is 1. The fourth-order valence-corrected chi connectivity index (χ4v) is 2.80. The van der Waals surface area contributed by atoms with Crippen LogP contribution in [0.2, 0.25) is 0 Å². The van der Waals surface area contributed by atoms with E-state index >= 15 is 0 Å². The summed E-state index contributed by atoms with van der Waals surface area (Å²) in [5.74, 6) is 1.55. The molecule has 130 valence electrons. The van der Waals surface area contributed by atoms with Gasteiger partial charge in [-0.05, 0) is 42.8 Å². The van der Waals surface area contributed by atoms with Crippen LogP contribution in [0.15, 0.2) is 48.5 Å². The van der Waals surface area contributed by atoms with Gasteiger partial charge in [-0.15, -0.1) is 0 Å². The second-order valence-electron chi connectivity index (χ2n) is 5.80. The number of carbonyl (C=O) groups is 1. The lowest BCUT2D eigenvalue weighted by Crippen LogP contribution is -2.30. The molecule has 5 heteroatoms. The van der Waals surface area contributed by atoms with Gasteiger partial charge in [0.1, 0.15) is 17.2 Å². The Morgan fingerprint density at radius 1 is 1.00 bits per heavy atom. The van der Waals surface area contributed by atoms with E-state index in [9.17, 15) is 4.79 Å². The lowest BCUT2D eigenvalue weighted by atomic mass is 10.2. The van der Waals surface area contributed by atoms with Crippen molar-refractivity contribution >= 4 is 16.8 Å². The SMILES string of the molecule is CCN(Cc1ccc(OC)cc1)C(=O)c1cc2ccc(OC)cc2[nH]1. The number of amides is 1. The number of hydrogen-bond donors (Lipinski definition) is 1. The van der Waals surface area contributed by atoms with Gasteiger partial charge in [0.2, 0.25) is 0 Å². The normalized spacial score (nSPS) is 10.7. The summed E-state index contributed by atoms with van der Waals surface area (Å²) in [5, 5.41) is 0.990. The molecule has 0 aliphatic rings. The van der Waals surface area contributed by atoms with Gasteiger partial charge in [0.25, 0.3) is 5.91 Å². The van der Waals surface area contributed by atoms with Crippen LogP contribution in [-0.2, 0) is 6.54 Å². The fraction of sp³-hybridized carbons (Fsp3) is 0.250. The van der Waals surface area contributed by atoms with Gasteiger partial charge in [-0.3, -0.25) is 4.79 Å². The van der Waals surface area contributed by atoms with E-state index in [0.717, 1.165) is 28.0 Å². The van der Waals surface area contributed by atoms with Gasteiger partial charge in [0, 0.05) is 30.1 Å². The molecular formula is C20H22N2O3. The highest BCUT2D eigenvalue weighted by atomic mass is 16.5. The summed E-state index contributed by atoms with van der Waals surface area (Å²) in [4.78, 5) is 17.9. The Kier molecular flexibility index (Phi) is 4.93.